The van der Waals surface area contributed by atoms with E-state index in [1.807, 2.05) is 42.5 Å². The van der Waals surface area contributed by atoms with Crippen LogP contribution >= 0.6 is 0 Å². The van der Waals surface area contributed by atoms with E-state index in [9.17, 15) is 13.2 Å². The molecule has 0 spiro atoms. The Morgan fingerprint density at radius 3 is 2.21 bits per heavy atom. The largest absolute Gasteiger partial charge is 0.489 e. The molecule has 0 aliphatic carbocycles. The first kappa shape index (κ1) is 19.6. The number of sulfonamides is 1. The molecular weight excluding hydrogens is 376 g/mol. The van der Waals surface area contributed by atoms with Crippen LogP contribution < -0.4 is 15.2 Å². The van der Waals surface area contributed by atoms with Gasteiger partial charge < -0.3 is 10.5 Å². The molecule has 3 aromatic carbocycles. The molecule has 0 saturated carbocycles. The summed E-state index contributed by atoms with van der Waals surface area (Å²) in [6.45, 7) is 0.462. The van der Waals surface area contributed by atoms with Gasteiger partial charge in [0.05, 0.1) is 4.90 Å². The summed E-state index contributed by atoms with van der Waals surface area (Å²) in [6.07, 6.45) is 0. The van der Waals surface area contributed by atoms with Crippen LogP contribution in [0.2, 0.25) is 0 Å². The van der Waals surface area contributed by atoms with Crippen molar-refractivity contribution in [3.63, 3.8) is 0 Å². The summed E-state index contributed by atoms with van der Waals surface area (Å²) >= 11 is 0. The number of primary amides is 1. The third-order valence-corrected chi connectivity index (χ3v) is 5.53. The average molecular weight is 396 g/mol. The molecule has 0 bridgehead atoms. The zero-order valence-electron chi connectivity index (χ0n) is 15.0. The van der Waals surface area contributed by atoms with Crippen LogP contribution in [0.15, 0.2) is 83.8 Å². The summed E-state index contributed by atoms with van der Waals surface area (Å²) in [4.78, 5) is 11.2. The molecule has 1 amide bonds. The Labute approximate surface area is 164 Å². The van der Waals surface area contributed by atoms with Gasteiger partial charge in [0, 0.05) is 17.7 Å². The lowest BCUT2D eigenvalue weighted by molar-refractivity contribution is 0.1000. The Balaban J connectivity index is 1.69. The Morgan fingerprint density at radius 2 is 1.54 bits per heavy atom. The van der Waals surface area contributed by atoms with Crippen LogP contribution in [0.25, 0.3) is 0 Å². The van der Waals surface area contributed by atoms with E-state index in [2.05, 4.69) is 4.72 Å². The number of carbonyl (C=O) groups is 1. The summed E-state index contributed by atoms with van der Waals surface area (Å²) in [7, 11) is -3.74. The highest BCUT2D eigenvalue weighted by atomic mass is 32.2. The van der Waals surface area contributed by atoms with Gasteiger partial charge in [-0.2, -0.15) is 0 Å². The van der Waals surface area contributed by atoms with Crippen molar-refractivity contribution < 1.29 is 17.9 Å². The lowest BCUT2D eigenvalue weighted by Crippen LogP contribution is -2.23. The Hall–Kier alpha value is -3.16. The molecule has 3 N–H and O–H groups in total. The quantitative estimate of drug-likeness (QED) is 0.612. The van der Waals surface area contributed by atoms with Crippen molar-refractivity contribution in [3.8, 4) is 5.75 Å². The average Bonchev–Trinajstić information content (AvgIpc) is 2.72. The van der Waals surface area contributed by atoms with Crippen LogP contribution in [0.5, 0.6) is 5.75 Å². The summed E-state index contributed by atoms with van der Waals surface area (Å²) < 4.78 is 33.4. The molecule has 0 aliphatic rings. The summed E-state index contributed by atoms with van der Waals surface area (Å²) in [5, 5.41) is 0. The third kappa shape index (κ3) is 4.97. The third-order valence-electron chi connectivity index (χ3n) is 4.11. The SMILES string of the molecule is NC(=O)c1ccc(S(=O)(=O)NCc2ccccc2OCc2ccccc2)cc1. The van der Waals surface area contributed by atoms with Crippen LogP contribution in [0.4, 0.5) is 0 Å². The highest BCUT2D eigenvalue weighted by Crippen LogP contribution is 2.20. The fourth-order valence-electron chi connectivity index (χ4n) is 2.58. The van der Waals surface area contributed by atoms with E-state index in [-0.39, 0.29) is 17.0 Å². The maximum Gasteiger partial charge on any atom is 0.248 e. The number of rotatable bonds is 8. The predicted molar refractivity (Wildman–Crippen MR) is 106 cm³/mol. The summed E-state index contributed by atoms with van der Waals surface area (Å²) in [5.41, 5.74) is 7.16. The zero-order valence-corrected chi connectivity index (χ0v) is 15.9. The Kier molecular flexibility index (Phi) is 6.08. The van der Waals surface area contributed by atoms with Crippen molar-refractivity contribution in [2.24, 2.45) is 5.73 Å². The van der Waals surface area contributed by atoms with Crippen molar-refractivity contribution in [1.29, 1.82) is 0 Å². The molecule has 3 aromatic rings. The lowest BCUT2D eigenvalue weighted by Gasteiger charge is -2.13. The molecule has 0 saturated heterocycles. The van der Waals surface area contributed by atoms with Crippen LogP contribution in [0.3, 0.4) is 0 Å². The number of amides is 1. The van der Waals surface area contributed by atoms with E-state index in [0.29, 0.717) is 12.4 Å². The monoisotopic (exact) mass is 396 g/mol. The molecule has 0 aliphatic heterocycles. The molecule has 3 rings (SSSR count). The second kappa shape index (κ2) is 8.69. The van der Waals surface area contributed by atoms with Gasteiger partial charge in [-0.1, -0.05) is 48.5 Å². The van der Waals surface area contributed by atoms with Gasteiger partial charge in [-0.3, -0.25) is 4.79 Å². The minimum Gasteiger partial charge on any atom is -0.489 e. The zero-order chi connectivity index (χ0) is 20.0. The number of hydrogen-bond donors (Lipinski definition) is 2. The normalized spacial score (nSPS) is 11.1. The molecule has 7 heteroatoms. The van der Waals surface area contributed by atoms with E-state index in [1.54, 1.807) is 12.1 Å². The number of nitrogens with one attached hydrogen (secondary N) is 1. The van der Waals surface area contributed by atoms with Gasteiger partial charge in [0.25, 0.3) is 0 Å². The van der Waals surface area contributed by atoms with Gasteiger partial charge in [-0.25, -0.2) is 13.1 Å². The van der Waals surface area contributed by atoms with E-state index in [0.717, 1.165) is 11.1 Å². The predicted octanol–water partition coefficient (Wildman–Crippen LogP) is 2.84. The number of nitrogens with two attached hydrogens (primary N) is 1. The number of carbonyl (C=O) groups excluding carboxylic acids is 1. The molecule has 6 nitrogen and oxygen atoms in total. The van der Waals surface area contributed by atoms with E-state index in [4.69, 9.17) is 10.5 Å². The van der Waals surface area contributed by atoms with Gasteiger partial charge in [-0.05, 0) is 35.9 Å². The van der Waals surface area contributed by atoms with Crippen LogP contribution in [-0.4, -0.2) is 14.3 Å². The van der Waals surface area contributed by atoms with Gasteiger partial charge in [0.15, 0.2) is 0 Å². The highest BCUT2D eigenvalue weighted by molar-refractivity contribution is 7.89. The molecule has 0 radical (unpaired) electrons. The fraction of sp³-hybridized carbons (Fsp3) is 0.0952. The van der Waals surface area contributed by atoms with Crippen molar-refractivity contribution >= 4 is 15.9 Å². The maximum absolute atomic E-state index is 12.5. The van der Waals surface area contributed by atoms with Gasteiger partial charge in [0.1, 0.15) is 12.4 Å². The minimum atomic E-state index is -3.74. The maximum atomic E-state index is 12.5. The summed E-state index contributed by atoms with van der Waals surface area (Å²) in [5.74, 6) is -0.000436. The molecule has 28 heavy (non-hydrogen) atoms. The first-order valence-corrected chi connectivity index (χ1v) is 10.1. The first-order valence-electron chi connectivity index (χ1n) is 8.60. The summed E-state index contributed by atoms with van der Waals surface area (Å²) in [6, 6.07) is 22.4. The topological polar surface area (TPSA) is 98.5 Å². The van der Waals surface area contributed by atoms with Gasteiger partial charge >= 0.3 is 0 Å². The molecule has 0 unspecified atom stereocenters. The number of para-hydroxylation sites is 1. The first-order chi connectivity index (χ1) is 13.5. The fourth-order valence-corrected chi connectivity index (χ4v) is 3.59. The van der Waals surface area contributed by atoms with Crippen molar-refractivity contribution in [2.75, 3.05) is 0 Å². The molecule has 0 atom stereocenters. The molecule has 0 aromatic heterocycles. The van der Waals surface area contributed by atoms with E-state index >= 15 is 0 Å². The van der Waals surface area contributed by atoms with Gasteiger partial charge in [-0.15, -0.1) is 0 Å². The molecule has 0 fully saturated rings. The van der Waals surface area contributed by atoms with Gasteiger partial charge in [0.2, 0.25) is 15.9 Å². The standard InChI is InChI=1S/C21H20N2O4S/c22-21(24)17-10-12-19(13-11-17)28(25,26)23-14-18-8-4-5-9-20(18)27-15-16-6-2-1-3-7-16/h1-13,23H,14-15H2,(H2,22,24). The van der Waals surface area contributed by atoms with Crippen LogP contribution in [0.1, 0.15) is 21.5 Å². The number of hydrogen-bond acceptors (Lipinski definition) is 4. The number of ether oxygens (including phenoxy) is 1. The smallest absolute Gasteiger partial charge is 0.248 e. The van der Waals surface area contributed by atoms with Crippen LogP contribution in [0, 0.1) is 0 Å². The Morgan fingerprint density at radius 1 is 0.893 bits per heavy atom. The molecular formula is C21H20N2O4S. The minimum absolute atomic E-state index is 0.0557. The molecule has 144 valence electrons. The van der Waals surface area contributed by atoms with Crippen molar-refractivity contribution in [3.05, 3.63) is 95.6 Å². The van der Waals surface area contributed by atoms with E-state index < -0.39 is 15.9 Å². The lowest BCUT2D eigenvalue weighted by atomic mass is 10.2. The van der Waals surface area contributed by atoms with E-state index in [1.165, 1.54) is 24.3 Å². The van der Waals surface area contributed by atoms with Crippen molar-refractivity contribution in [1.82, 2.24) is 4.72 Å². The number of benzene rings is 3. The van der Waals surface area contributed by atoms with Crippen LogP contribution in [-0.2, 0) is 23.2 Å². The second-order valence-corrected chi connectivity index (χ2v) is 7.86. The van der Waals surface area contributed by atoms with Crippen molar-refractivity contribution in [2.45, 2.75) is 18.0 Å². The highest BCUT2D eigenvalue weighted by Gasteiger charge is 2.15. The second-order valence-electron chi connectivity index (χ2n) is 6.10. The molecule has 0 heterocycles. The Bertz CT molecular complexity index is 1050.